The second-order valence-corrected chi connectivity index (χ2v) is 8.82. The first kappa shape index (κ1) is 19.1. The maximum Gasteiger partial charge on any atom is 0.156 e. The maximum absolute atomic E-state index is 12.6. The molecule has 0 aromatic carbocycles. The van der Waals surface area contributed by atoms with E-state index in [4.69, 9.17) is 0 Å². The molecule has 0 amide bonds. The van der Waals surface area contributed by atoms with Crippen LogP contribution in [0.15, 0.2) is 0 Å². The third kappa shape index (κ3) is 5.03. The summed E-state index contributed by atoms with van der Waals surface area (Å²) in [6, 6.07) is 0. The second kappa shape index (κ2) is 7.06. The molecular weight excluding hydrogens is 276 g/mol. The van der Waals surface area contributed by atoms with Gasteiger partial charge in [0.15, 0.2) is 17.3 Å². The number of hydrogen-bond donors (Lipinski definition) is 0. The summed E-state index contributed by atoms with van der Waals surface area (Å²) in [4.78, 5) is 37.9. The molecule has 0 aliphatic heterocycles. The number of carbonyl (C=O) groups excluding carboxylic acids is 3. The smallest absolute Gasteiger partial charge is 0.156 e. The molecule has 1 saturated carbocycles. The van der Waals surface area contributed by atoms with Gasteiger partial charge in [0, 0.05) is 17.3 Å². The molecule has 0 bridgehead atoms. The molecule has 22 heavy (non-hydrogen) atoms. The Bertz CT molecular complexity index is 403. The van der Waals surface area contributed by atoms with E-state index in [1.54, 1.807) is 41.5 Å². The summed E-state index contributed by atoms with van der Waals surface area (Å²) in [5.41, 5.74) is -1.34. The van der Waals surface area contributed by atoms with Crippen LogP contribution in [0.2, 0.25) is 0 Å². The van der Waals surface area contributed by atoms with Gasteiger partial charge in [-0.25, -0.2) is 0 Å². The molecule has 0 N–H and O–H groups in total. The monoisotopic (exact) mass is 308 g/mol. The van der Waals surface area contributed by atoms with Crippen LogP contribution >= 0.6 is 0 Å². The van der Waals surface area contributed by atoms with Crippen LogP contribution in [0.25, 0.3) is 0 Å². The van der Waals surface area contributed by atoms with Gasteiger partial charge in [0.1, 0.15) is 5.92 Å². The normalized spacial score (nSPS) is 17.0. The lowest BCUT2D eigenvalue weighted by Gasteiger charge is -2.28. The van der Waals surface area contributed by atoms with E-state index in [9.17, 15) is 14.4 Å². The minimum absolute atomic E-state index is 0.174. The molecule has 1 aliphatic carbocycles. The minimum Gasteiger partial charge on any atom is -0.298 e. The summed E-state index contributed by atoms with van der Waals surface area (Å²) in [7, 11) is 0. The average molecular weight is 308 g/mol. The molecule has 3 heteroatoms. The quantitative estimate of drug-likeness (QED) is 0.684. The predicted molar refractivity (Wildman–Crippen MR) is 88.6 cm³/mol. The molecule has 0 aromatic heterocycles. The highest BCUT2D eigenvalue weighted by Gasteiger charge is 2.43. The first-order valence-corrected chi connectivity index (χ1v) is 8.56. The minimum atomic E-state index is -1.08. The fraction of sp³-hybridized carbons (Fsp3) is 0.842. The zero-order chi connectivity index (χ0) is 17.1. The summed E-state index contributed by atoms with van der Waals surface area (Å²) in [5.74, 6) is -1.13. The largest absolute Gasteiger partial charge is 0.298 e. The summed E-state index contributed by atoms with van der Waals surface area (Å²) >= 11 is 0. The Morgan fingerprint density at radius 2 is 1.27 bits per heavy atom. The van der Waals surface area contributed by atoms with Gasteiger partial charge in [-0.2, -0.15) is 0 Å². The highest BCUT2D eigenvalue weighted by atomic mass is 16.2. The third-order valence-corrected chi connectivity index (χ3v) is 4.60. The van der Waals surface area contributed by atoms with E-state index < -0.39 is 16.7 Å². The van der Waals surface area contributed by atoms with Gasteiger partial charge in [-0.15, -0.1) is 0 Å². The number of carbonyl (C=O) groups is 3. The fourth-order valence-electron chi connectivity index (χ4n) is 3.07. The lowest BCUT2D eigenvalue weighted by atomic mass is 9.72. The van der Waals surface area contributed by atoms with Crippen LogP contribution in [0.5, 0.6) is 0 Å². The zero-order valence-electron chi connectivity index (χ0n) is 15.1. The Balaban J connectivity index is 2.86. The first-order chi connectivity index (χ1) is 9.94. The van der Waals surface area contributed by atoms with Gasteiger partial charge in [-0.1, -0.05) is 67.2 Å². The first-order valence-electron chi connectivity index (χ1n) is 8.56. The van der Waals surface area contributed by atoms with Crippen molar-refractivity contribution in [1.29, 1.82) is 0 Å². The van der Waals surface area contributed by atoms with Crippen molar-refractivity contribution in [1.82, 2.24) is 0 Å². The van der Waals surface area contributed by atoms with E-state index in [-0.39, 0.29) is 17.3 Å². The van der Waals surface area contributed by atoms with Crippen LogP contribution in [0.1, 0.15) is 80.1 Å². The molecule has 3 nitrogen and oxygen atoms in total. The third-order valence-electron chi connectivity index (χ3n) is 4.60. The van der Waals surface area contributed by atoms with Crippen molar-refractivity contribution in [2.45, 2.75) is 80.1 Å². The van der Waals surface area contributed by atoms with Gasteiger partial charge in [0.25, 0.3) is 0 Å². The van der Waals surface area contributed by atoms with Crippen LogP contribution in [0, 0.1) is 22.7 Å². The predicted octanol–water partition coefficient (Wildman–Crippen LogP) is 4.37. The molecular formula is C19H32O3. The highest BCUT2D eigenvalue weighted by molar-refractivity contribution is 6.21. The Kier molecular flexibility index (Phi) is 6.11. The molecule has 126 valence electrons. The van der Waals surface area contributed by atoms with Crippen molar-refractivity contribution >= 4 is 17.3 Å². The van der Waals surface area contributed by atoms with E-state index in [0.29, 0.717) is 12.3 Å². The number of hydrogen-bond acceptors (Lipinski definition) is 3. The van der Waals surface area contributed by atoms with Gasteiger partial charge in [-0.05, 0) is 12.3 Å². The van der Waals surface area contributed by atoms with Gasteiger partial charge in [0.05, 0.1) is 0 Å². The number of rotatable bonds is 6. The van der Waals surface area contributed by atoms with Gasteiger partial charge in [-0.3, -0.25) is 14.4 Å². The Morgan fingerprint density at radius 3 is 1.64 bits per heavy atom. The highest BCUT2D eigenvalue weighted by Crippen LogP contribution is 2.32. The molecule has 0 unspecified atom stereocenters. The maximum atomic E-state index is 12.6. The van der Waals surface area contributed by atoms with Crippen LogP contribution in [0.4, 0.5) is 0 Å². The van der Waals surface area contributed by atoms with Crippen molar-refractivity contribution in [2.24, 2.45) is 22.7 Å². The topological polar surface area (TPSA) is 51.2 Å². The molecule has 0 atom stereocenters. The van der Waals surface area contributed by atoms with Crippen molar-refractivity contribution in [3.63, 3.8) is 0 Å². The van der Waals surface area contributed by atoms with Crippen LogP contribution in [0.3, 0.4) is 0 Å². The Labute approximate surface area is 135 Å². The van der Waals surface area contributed by atoms with E-state index in [1.165, 1.54) is 25.7 Å². The van der Waals surface area contributed by atoms with E-state index >= 15 is 0 Å². The SMILES string of the molecule is CC(C)(C)C(=O)C(C(=O)CCC1CCCC1)C(=O)C(C)(C)C. The van der Waals surface area contributed by atoms with Crippen LogP contribution < -0.4 is 0 Å². The fourth-order valence-corrected chi connectivity index (χ4v) is 3.07. The van der Waals surface area contributed by atoms with Crippen molar-refractivity contribution in [2.75, 3.05) is 0 Å². The Morgan fingerprint density at radius 1 is 0.864 bits per heavy atom. The van der Waals surface area contributed by atoms with Gasteiger partial charge in [0.2, 0.25) is 0 Å². The number of ketones is 3. The molecule has 0 saturated heterocycles. The second-order valence-electron chi connectivity index (χ2n) is 8.82. The van der Waals surface area contributed by atoms with E-state index in [2.05, 4.69) is 0 Å². The average Bonchev–Trinajstić information content (AvgIpc) is 2.87. The molecule has 1 fully saturated rings. The number of Topliss-reactive ketones (excluding diaryl/α,β-unsaturated/α-hetero) is 3. The van der Waals surface area contributed by atoms with Gasteiger partial charge >= 0.3 is 0 Å². The van der Waals surface area contributed by atoms with Crippen molar-refractivity contribution in [3.05, 3.63) is 0 Å². The lowest BCUT2D eigenvalue weighted by Crippen LogP contribution is -2.43. The van der Waals surface area contributed by atoms with Crippen LogP contribution in [-0.2, 0) is 14.4 Å². The van der Waals surface area contributed by atoms with Crippen molar-refractivity contribution < 1.29 is 14.4 Å². The molecule has 0 heterocycles. The molecule has 0 radical (unpaired) electrons. The van der Waals surface area contributed by atoms with E-state index in [0.717, 1.165) is 6.42 Å². The standard InChI is InChI=1S/C19H32O3/c1-18(2,3)16(21)15(17(22)19(4,5)6)14(20)12-11-13-9-7-8-10-13/h13,15H,7-12H2,1-6H3. The molecule has 1 rings (SSSR count). The molecule has 1 aliphatic rings. The molecule has 0 spiro atoms. The van der Waals surface area contributed by atoms with E-state index in [1.807, 2.05) is 0 Å². The molecule has 0 aromatic rings. The Hall–Kier alpha value is -0.990. The lowest BCUT2D eigenvalue weighted by molar-refractivity contribution is -0.147. The van der Waals surface area contributed by atoms with Crippen molar-refractivity contribution in [3.8, 4) is 0 Å². The summed E-state index contributed by atoms with van der Waals surface area (Å²) in [6.07, 6.45) is 6.02. The zero-order valence-corrected chi connectivity index (χ0v) is 15.1. The van der Waals surface area contributed by atoms with Crippen LogP contribution in [-0.4, -0.2) is 17.3 Å². The summed E-state index contributed by atoms with van der Waals surface area (Å²) in [6.45, 7) is 10.7. The summed E-state index contributed by atoms with van der Waals surface area (Å²) < 4.78 is 0. The van der Waals surface area contributed by atoms with Gasteiger partial charge < -0.3 is 0 Å². The summed E-state index contributed by atoms with van der Waals surface area (Å²) in [5, 5.41) is 0.